The van der Waals surface area contributed by atoms with Gasteiger partial charge in [0.15, 0.2) is 11.5 Å². The standard InChI is InChI=1S/C16H15ClF2N2O2/c1-10-6-7-12(8-13(10)17)21-20-9-11-4-3-5-14(22-2)15(11)23-16(18)19/h3-9,16,21H,1-2H3/b20-9-. The van der Waals surface area contributed by atoms with E-state index in [1.54, 1.807) is 24.3 Å². The molecule has 4 nitrogen and oxygen atoms in total. The van der Waals surface area contributed by atoms with Gasteiger partial charge in [0, 0.05) is 10.6 Å². The molecule has 0 atom stereocenters. The van der Waals surface area contributed by atoms with Crippen LogP contribution in [0.2, 0.25) is 5.02 Å². The third kappa shape index (κ3) is 4.56. The first kappa shape index (κ1) is 17.0. The van der Waals surface area contributed by atoms with Gasteiger partial charge in [0.2, 0.25) is 0 Å². The van der Waals surface area contributed by atoms with Gasteiger partial charge in [0.25, 0.3) is 0 Å². The van der Waals surface area contributed by atoms with Crippen LogP contribution in [-0.4, -0.2) is 19.9 Å². The highest BCUT2D eigenvalue weighted by molar-refractivity contribution is 6.31. The maximum Gasteiger partial charge on any atom is 0.387 e. The van der Waals surface area contributed by atoms with Gasteiger partial charge in [-0.2, -0.15) is 13.9 Å². The number of aryl methyl sites for hydroxylation is 1. The Morgan fingerprint density at radius 1 is 1.26 bits per heavy atom. The normalized spacial score (nSPS) is 11.0. The van der Waals surface area contributed by atoms with Gasteiger partial charge >= 0.3 is 6.61 Å². The van der Waals surface area contributed by atoms with Gasteiger partial charge in [0.05, 0.1) is 19.0 Å². The van der Waals surface area contributed by atoms with Gasteiger partial charge in [-0.3, -0.25) is 5.43 Å². The van der Waals surface area contributed by atoms with Crippen molar-refractivity contribution in [2.24, 2.45) is 5.10 Å². The summed E-state index contributed by atoms with van der Waals surface area (Å²) < 4.78 is 34.6. The molecule has 0 saturated carbocycles. The largest absolute Gasteiger partial charge is 0.493 e. The molecule has 0 bridgehead atoms. The lowest BCUT2D eigenvalue weighted by atomic mass is 10.2. The summed E-state index contributed by atoms with van der Waals surface area (Å²) >= 11 is 6.02. The van der Waals surface area contributed by atoms with Crippen molar-refractivity contribution in [3.63, 3.8) is 0 Å². The van der Waals surface area contributed by atoms with Crippen LogP contribution in [0.1, 0.15) is 11.1 Å². The number of alkyl halides is 2. The van der Waals surface area contributed by atoms with Crippen LogP contribution in [0.4, 0.5) is 14.5 Å². The minimum absolute atomic E-state index is 0.0718. The molecule has 0 aliphatic carbocycles. The molecule has 2 aromatic carbocycles. The Morgan fingerprint density at radius 3 is 2.70 bits per heavy atom. The number of benzene rings is 2. The minimum atomic E-state index is -2.96. The SMILES string of the molecule is COc1cccc(/C=N\Nc2ccc(C)c(Cl)c2)c1OC(F)F. The second-order valence-electron chi connectivity index (χ2n) is 4.59. The molecule has 0 unspecified atom stereocenters. The quantitative estimate of drug-likeness (QED) is 0.612. The van der Waals surface area contributed by atoms with Crippen LogP contribution in [0.5, 0.6) is 11.5 Å². The number of hydrogen-bond donors (Lipinski definition) is 1. The zero-order valence-corrected chi connectivity index (χ0v) is 13.3. The summed E-state index contributed by atoms with van der Waals surface area (Å²) in [6, 6.07) is 10.1. The molecule has 2 rings (SSSR count). The molecule has 0 spiro atoms. The van der Waals surface area contributed by atoms with Gasteiger partial charge < -0.3 is 9.47 Å². The Kier molecular flexibility index (Phi) is 5.76. The van der Waals surface area contributed by atoms with Crippen LogP contribution in [-0.2, 0) is 0 Å². The number of hydrogen-bond acceptors (Lipinski definition) is 4. The van der Waals surface area contributed by atoms with E-state index in [1.165, 1.54) is 19.4 Å². The molecular weight excluding hydrogens is 326 g/mol. The second-order valence-corrected chi connectivity index (χ2v) is 5.00. The first-order chi connectivity index (χ1) is 11.0. The average Bonchev–Trinajstić information content (AvgIpc) is 2.51. The summed E-state index contributed by atoms with van der Waals surface area (Å²) in [6.07, 6.45) is 1.37. The first-order valence-corrected chi connectivity index (χ1v) is 7.06. The number of para-hydroxylation sites is 1. The van der Waals surface area contributed by atoms with Gasteiger partial charge in [0.1, 0.15) is 0 Å². The monoisotopic (exact) mass is 340 g/mol. The second kappa shape index (κ2) is 7.78. The number of anilines is 1. The van der Waals surface area contributed by atoms with Gasteiger partial charge in [-0.05, 0) is 36.8 Å². The van der Waals surface area contributed by atoms with Crippen molar-refractivity contribution in [2.75, 3.05) is 12.5 Å². The topological polar surface area (TPSA) is 42.8 Å². The van der Waals surface area contributed by atoms with Gasteiger partial charge in [-0.15, -0.1) is 0 Å². The lowest BCUT2D eigenvalue weighted by Crippen LogP contribution is -2.06. The Balaban J connectivity index is 2.19. The first-order valence-electron chi connectivity index (χ1n) is 6.68. The van der Waals surface area contributed by atoms with Crippen molar-refractivity contribution < 1.29 is 18.3 Å². The molecule has 2 aromatic rings. The smallest absolute Gasteiger partial charge is 0.387 e. The fourth-order valence-electron chi connectivity index (χ4n) is 1.85. The molecule has 0 fully saturated rings. The van der Waals surface area contributed by atoms with Crippen molar-refractivity contribution in [1.29, 1.82) is 0 Å². The van der Waals surface area contributed by atoms with E-state index in [0.29, 0.717) is 16.3 Å². The third-order valence-corrected chi connectivity index (χ3v) is 3.41. The van der Waals surface area contributed by atoms with Gasteiger partial charge in [-0.1, -0.05) is 23.7 Å². The minimum Gasteiger partial charge on any atom is -0.493 e. The summed E-state index contributed by atoms with van der Waals surface area (Å²) in [5, 5.41) is 4.62. The zero-order valence-electron chi connectivity index (χ0n) is 12.5. The van der Waals surface area contributed by atoms with Crippen molar-refractivity contribution in [3.05, 3.63) is 52.5 Å². The van der Waals surface area contributed by atoms with Crippen LogP contribution in [0, 0.1) is 6.92 Å². The van der Waals surface area contributed by atoms with Gasteiger partial charge in [-0.25, -0.2) is 0 Å². The summed E-state index contributed by atoms with van der Waals surface area (Å²) in [6.45, 7) is -1.07. The van der Waals surface area contributed by atoms with Crippen molar-refractivity contribution in [3.8, 4) is 11.5 Å². The van der Waals surface area contributed by atoms with Crippen molar-refractivity contribution in [1.82, 2.24) is 0 Å². The zero-order chi connectivity index (χ0) is 16.8. The van der Waals surface area contributed by atoms with E-state index >= 15 is 0 Å². The number of halogens is 3. The molecule has 0 aromatic heterocycles. The molecule has 0 saturated heterocycles. The van der Waals surface area contributed by atoms with Crippen molar-refractivity contribution >= 4 is 23.5 Å². The molecule has 23 heavy (non-hydrogen) atoms. The number of rotatable bonds is 6. The molecule has 7 heteroatoms. The molecule has 0 heterocycles. The summed E-state index contributed by atoms with van der Waals surface area (Å²) in [4.78, 5) is 0. The Labute approximate surface area is 137 Å². The van der Waals surface area contributed by atoms with Crippen LogP contribution in [0.15, 0.2) is 41.5 Å². The van der Waals surface area contributed by atoms with E-state index in [9.17, 15) is 8.78 Å². The molecule has 0 amide bonds. The van der Waals surface area contributed by atoms with Crippen LogP contribution in [0.25, 0.3) is 0 Å². The van der Waals surface area contributed by atoms with E-state index in [1.807, 2.05) is 13.0 Å². The van der Waals surface area contributed by atoms with Crippen molar-refractivity contribution in [2.45, 2.75) is 13.5 Å². The molecule has 0 radical (unpaired) electrons. The van der Waals surface area contributed by atoms with E-state index < -0.39 is 6.61 Å². The van der Waals surface area contributed by atoms with E-state index in [0.717, 1.165) is 5.56 Å². The Hall–Kier alpha value is -2.34. The number of ether oxygens (including phenoxy) is 2. The predicted molar refractivity (Wildman–Crippen MR) is 87.0 cm³/mol. The lowest BCUT2D eigenvalue weighted by Gasteiger charge is -2.12. The third-order valence-electron chi connectivity index (χ3n) is 3.01. The number of hydrazone groups is 1. The average molecular weight is 341 g/mol. The van der Waals surface area contributed by atoms with Crippen LogP contribution < -0.4 is 14.9 Å². The summed E-state index contributed by atoms with van der Waals surface area (Å²) in [7, 11) is 1.38. The molecular formula is C16H15ClF2N2O2. The molecule has 122 valence electrons. The number of nitrogens with one attached hydrogen (secondary N) is 1. The highest BCUT2D eigenvalue weighted by atomic mass is 35.5. The fraction of sp³-hybridized carbons (Fsp3) is 0.188. The highest BCUT2D eigenvalue weighted by Gasteiger charge is 2.14. The summed E-state index contributed by atoms with van der Waals surface area (Å²) in [5.41, 5.74) is 4.76. The predicted octanol–water partition coefficient (Wildman–Crippen LogP) is 4.70. The number of methoxy groups -OCH3 is 1. The fourth-order valence-corrected chi connectivity index (χ4v) is 2.03. The van der Waals surface area contributed by atoms with E-state index in [-0.39, 0.29) is 11.5 Å². The molecule has 0 aliphatic rings. The number of nitrogens with zero attached hydrogens (tertiary/aromatic N) is 1. The molecule has 1 N–H and O–H groups in total. The van der Waals surface area contributed by atoms with Crippen LogP contribution in [0.3, 0.4) is 0 Å². The maximum absolute atomic E-state index is 12.5. The molecule has 0 aliphatic heterocycles. The lowest BCUT2D eigenvalue weighted by molar-refractivity contribution is -0.0513. The Bertz CT molecular complexity index is 708. The summed E-state index contributed by atoms with van der Waals surface area (Å²) in [5.74, 6) is 0.130. The van der Waals surface area contributed by atoms with E-state index in [2.05, 4.69) is 15.3 Å². The van der Waals surface area contributed by atoms with E-state index in [4.69, 9.17) is 16.3 Å². The Morgan fingerprint density at radius 2 is 2.04 bits per heavy atom. The van der Waals surface area contributed by atoms with Crippen LogP contribution >= 0.6 is 11.6 Å². The highest BCUT2D eigenvalue weighted by Crippen LogP contribution is 2.31. The maximum atomic E-state index is 12.5.